The molecule has 0 aliphatic carbocycles. The average Bonchev–Trinajstić information content (AvgIpc) is 2.19. The first kappa shape index (κ1) is 11.6. The molecule has 0 saturated carbocycles. The van der Waals surface area contributed by atoms with E-state index in [-0.39, 0.29) is 11.5 Å². The molecule has 0 aliphatic heterocycles. The van der Waals surface area contributed by atoms with E-state index in [4.69, 9.17) is 9.84 Å². The predicted octanol–water partition coefficient (Wildman–Crippen LogP) is 1.63. The summed E-state index contributed by atoms with van der Waals surface area (Å²) in [6, 6.07) is 3.01. The Labute approximate surface area is 94.9 Å². The number of carboxylic acid groups (broad SMARTS) is 1. The molecule has 0 unspecified atom stereocenters. The molecule has 1 aromatic rings. The molecule has 0 aromatic heterocycles. The summed E-state index contributed by atoms with van der Waals surface area (Å²) < 4.78 is 5.19. The van der Waals surface area contributed by atoms with Crippen molar-refractivity contribution in [2.24, 2.45) is 0 Å². The van der Waals surface area contributed by atoms with Crippen LogP contribution in [0.15, 0.2) is 22.7 Å². The van der Waals surface area contributed by atoms with Gasteiger partial charge in [-0.3, -0.25) is 0 Å². The quantitative estimate of drug-likeness (QED) is 0.849. The summed E-state index contributed by atoms with van der Waals surface area (Å²) in [7, 11) is 1.38. The lowest BCUT2D eigenvalue weighted by atomic mass is 10.2. The zero-order chi connectivity index (χ0) is 11.4. The molecule has 0 fully saturated rings. The van der Waals surface area contributed by atoms with Gasteiger partial charge in [-0.25, -0.2) is 4.79 Å². The lowest BCUT2D eigenvalue weighted by Crippen LogP contribution is -1.96. The average molecular weight is 272 g/mol. The molecule has 1 N–H and O–H groups in total. The van der Waals surface area contributed by atoms with E-state index in [2.05, 4.69) is 15.9 Å². The van der Waals surface area contributed by atoms with Crippen LogP contribution in [0.2, 0.25) is 0 Å². The van der Waals surface area contributed by atoms with Gasteiger partial charge in [-0.05, 0) is 23.8 Å². The standard InChI is InChI=1S/C10H9BrO4/c1-15-8-5-6(2-3-9(12)13)4-7(11)10(8)14/h2-5,14H,1H3,(H,12,13)/p-1/b3-2+. The monoisotopic (exact) mass is 271 g/mol. The lowest BCUT2D eigenvalue weighted by Gasteiger charge is -2.15. The topological polar surface area (TPSA) is 69.6 Å². The van der Waals surface area contributed by atoms with Crippen molar-refractivity contribution in [1.82, 2.24) is 0 Å². The maximum Gasteiger partial charge on any atom is 0.328 e. The number of ether oxygens (including phenoxy) is 1. The van der Waals surface area contributed by atoms with E-state index in [0.717, 1.165) is 6.08 Å². The molecule has 5 heteroatoms. The van der Waals surface area contributed by atoms with Gasteiger partial charge >= 0.3 is 5.97 Å². The molecule has 0 amide bonds. The first-order valence-corrected chi connectivity index (χ1v) is 4.79. The molecule has 0 spiro atoms. The molecular weight excluding hydrogens is 264 g/mol. The molecule has 80 valence electrons. The highest BCUT2D eigenvalue weighted by Crippen LogP contribution is 2.33. The Morgan fingerprint density at radius 3 is 2.80 bits per heavy atom. The van der Waals surface area contributed by atoms with Crippen molar-refractivity contribution in [3.8, 4) is 11.5 Å². The van der Waals surface area contributed by atoms with Crippen LogP contribution in [0.3, 0.4) is 0 Å². The van der Waals surface area contributed by atoms with Gasteiger partial charge < -0.3 is 14.9 Å². The molecule has 0 atom stereocenters. The van der Waals surface area contributed by atoms with Crippen LogP contribution in [0.25, 0.3) is 6.08 Å². The van der Waals surface area contributed by atoms with Crippen molar-refractivity contribution in [2.75, 3.05) is 7.11 Å². The van der Waals surface area contributed by atoms with Crippen LogP contribution < -0.4 is 9.84 Å². The van der Waals surface area contributed by atoms with Crippen molar-refractivity contribution in [2.45, 2.75) is 0 Å². The number of carbonyl (C=O) groups is 1. The molecule has 0 aliphatic rings. The number of hydrogen-bond donors (Lipinski definition) is 1. The Balaban J connectivity index is 3.11. The fraction of sp³-hybridized carbons (Fsp3) is 0.100. The zero-order valence-electron chi connectivity index (χ0n) is 7.86. The summed E-state index contributed by atoms with van der Waals surface area (Å²) >= 11 is 3.07. The Morgan fingerprint density at radius 2 is 2.27 bits per heavy atom. The molecule has 0 heterocycles. The summed E-state index contributed by atoms with van der Waals surface area (Å²) in [5.41, 5.74) is 0.584. The number of carboxylic acids is 1. The van der Waals surface area contributed by atoms with Gasteiger partial charge in [-0.2, -0.15) is 0 Å². The lowest BCUT2D eigenvalue weighted by molar-refractivity contribution is -0.271. The number of hydrogen-bond acceptors (Lipinski definition) is 3. The number of benzene rings is 1. The van der Waals surface area contributed by atoms with Crippen LogP contribution in [-0.2, 0) is 4.79 Å². The van der Waals surface area contributed by atoms with Crippen molar-refractivity contribution < 1.29 is 19.7 Å². The van der Waals surface area contributed by atoms with E-state index < -0.39 is 5.97 Å². The van der Waals surface area contributed by atoms with E-state index in [1.807, 2.05) is 0 Å². The Morgan fingerprint density at radius 1 is 1.60 bits per heavy atom. The molecular formula is C10H8BrO4-. The summed E-state index contributed by atoms with van der Waals surface area (Å²) in [6.45, 7) is 0. The van der Waals surface area contributed by atoms with Crippen molar-refractivity contribution in [3.05, 3.63) is 28.2 Å². The second kappa shape index (κ2) is 4.84. The smallest absolute Gasteiger partial charge is 0.328 e. The minimum atomic E-state index is -1.05. The van der Waals surface area contributed by atoms with Gasteiger partial charge in [0.15, 0.2) is 0 Å². The van der Waals surface area contributed by atoms with Gasteiger partial charge in [0.1, 0.15) is 5.75 Å². The van der Waals surface area contributed by atoms with Crippen molar-refractivity contribution >= 4 is 28.0 Å². The minimum absolute atomic E-state index is 0.175. The molecule has 0 saturated heterocycles. The van der Waals surface area contributed by atoms with E-state index in [1.165, 1.54) is 25.3 Å². The SMILES string of the molecule is COc1cc(/C=C/C(=O)O)cc(Br)c1[O-]. The van der Waals surface area contributed by atoms with E-state index in [9.17, 15) is 9.90 Å². The van der Waals surface area contributed by atoms with Gasteiger partial charge in [0, 0.05) is 10.5 Å². The molecule has 0 bridgehead atoms. The Kier molecular flexibility index (Phi) is 3.74. The molecule has 4 nitrogen and oxygen atoms in total. The van der Waals surface area contributed by atoms with Crippen LogP contribution in [0.1, 0.15) is 5.56 Å². The third-order valence-electron chi connectivity index (χ3n) is 1.67. The van der Waals surface area contributed by atoms with Gasteiger partial charge in [0.25, 0.3) is 0 Å². The van der Waals surface area contributed by atoms with E-state index in [1.54, 1.807) is 0 Å². The van der Waals surface area contributed by atoms with Crippen LogP contribution in [0.4, 0.5) is 0 Å². The summed E-state index contributed by atoms with van der Waals surface area (Å²) in [6.07, 6.45) is 2.38. The zero-order valence-corrected chi connectivity index (χ0v) is 9.45. The van der Waals surface area contributed by atoms with E-state index >= 15 is 0 Å². The first-order valence-electron chi connectivity index (χ1n) is 4.00. The van der Waals surface area contributed by atoms with Crippen molar-refractivity contribution in [1.29, 1.82) is 0 Å². The second-order valence-electron chi connectivity index (χ2n) is 2.71. The number of rotatable bonds is 3. The number of methoxy groups -OCH3 is 1. The van der Waals surface area contributed by atoms with Crippen LogP contribution >= 0.6 is 15.9 Å². The fourth-order valence-corrected chi connectivity index (χ4v) is 1.46. The maximum atomic E-state index is 11.4. The number of halogens is 1. The van der Waals surface area contributed by atoms with E-state index in [0.29, 0.717) is 10.0 Å². The summed E-state index contributed by atoms with van der Waals surface area (Å²) in [5.74, 6) is -1.13. The normalized spacial score (nSPS) is 10.5. The Hall–Kier alpha value is -1.49. The second-order valence-corrected chi connectivity index (χ2v) is 3.56. The van der Waals surface area contributed by atoms with Gasteiger partial charge in [-0.1, -0.05) is 21.7 Å². The highest BCUT2D eigenvalue weighted by atomic mass is 79.9. The third-order valence-corrected chi connectivity index (χ3v) is 2.26. The third kappa shape index (κ3) is 2.99. The van der Waals surface area contributed by atoms with Crippen LogP contribution in [0.5, 0.6) is 11.5 Å². The highest BCUT2D eigenvalue weighted by molar-refractivity contribution is 9.10. The Bertz CT molecular complexity index is 412. The largest absolute Gasteiger partial charge is 0.869 e. The number of aliphatic carboxylic acids is 1. The molecule has 1 aromatic carbocycles. The maximum absolute atomic E-state index is 11.4. The van der Waals surface area contributed by atoms with Gasteiger partial charge in [-0.15, -0.1) is 0 Å². The summed E-state index contributed by atoms with van der Waals surface area (Å²) in [5, 5.41) is 19.8. The molecule has 0 radical (unpaired) electrons. The van der Waals surface area contributed by atoms with Crippen molar-refractivity contribution in [3.63, 3.8) is 0 Å². The van der Waals surface area contributed by atoms with Gasteiger partial charge in [0.2, 0.25) is 0 Å². The summed E-state index contributed by atoms with van der Waals surface area (Å²) in [4.78, 5) is 10.3. The molecule has 15 heavy (non-hydrogen) atoms. The molecule has 1 rings (SSSR count). The van der Waals surface area contributed by atoms with Crippen LogP contribution in [0, 0.1) is 0 Å². The van der Waals surface area contributed by atoms with Gasteiger partial charge in [0.05, 0.1) is 7.11 Å². The first-order chi connectivity index (χ1) is 7.04. The van der Waals surface area contributed by atoms with Crippen LogP contribution in [-0.4, -0.2) is 18.2 Å². The predicted molar refractivity (Wildman–Crippen MR) is 56.8 cm³/mol. The minimum Gasteiger partial charge on any atom is -0.869 e. The fourth-order valence-electron chi connectivity index (χ4n) is 1.00. The highest BCUT2D eigenvalue weighted by Gasteiger charge is 2.00.